The topological polar surface area (TPSA) is 17.4 Å². The molecular formula is C80H70N2OSi. The van der Waals surface area contributed by atoms with E-state index in [2.05, 4.69) is 304 Å². The maximum atomic E-state index is 6.66. The summed E-state index contributed by atoms with van der Waals surface area (Å²) >= 11 is 0. The third kappa shape index (κ3) is 10.1. The predicted octanol–water partition coefficient (Wildman–Crippen LogP) is 22.0. The lowest BCUT2D eigenvalue weighted by Crippen LogP contribution is -2.31. The molecular weight excluding hydrogens is 1030 g/mol. The molecule has 11 aromatic carbocycles. The van der Waals surface area contributed by atoms with Crippen LogP contribution in [0.25, 0.3) is 84.2 Å². The van der Waals surface area contributed by atoms with Gasteiger partial charge in [-0.05, 0) is 195 Å². The van der Waals surface area contributed by atoms with Crippen molar-refractivity contribution in [2.45, 2.75) is 57.3 Å². The highest BCUT2D eigenvalue weighted by Gasteiger charge is 2.45. The molecule has 0 radical (unpaired) electrons. The second-order valence-electron chi connectivity index (χ2n) is 23.6. The average molecular weight is 1100 g/mol. The van der Waals surface area contributed by atoms with Gasteiger partial charge in [-0.3, -0.25) is 0 Å². The summed E-state index contributed by atoms with van der Waals surface area (Å²) in [5, 5.41) is 2.45. The van der Waals surface area contributed by atoms with Gasteiger partial charge in [0.1, 0.15) is 5.75 Å². The zero-order valence-corrected chi connectivity index (χ0v) is 49.7. The summed E-state index contributed by atoms with van der Waals surface area (Å²) in [5.41, 5.74) is 25.1. The Labute approximate surface area is 497 Å². The fourth-order valence-electron chi connectivity index (χ4n) is 13.3. The van der Waals surface area contributed by atoms with Gasteiger partial charge in [-0.25, -0.2) is 0 Å². The molecule has 1 aliphatic carbocycles. The molecule has 0 saturated heterocycles. The van der Waals surface area contributed by atoms with Crippen LogP contribution in [-0.4, -0.2) is 19.2 Å². The summed E-state index contributed by atoms with van der Waals surface area (Å²) in [5.74, 6) is 0.991. The average Bonchev–Trinajstić information content (AvgIpc) is 1.70. The Morgan fingerprint density at radius 2 is 0.976 bits per heavy atom. The number of anilines is 3. The van der Waals surface area contributed by atoms with E-state index in [1.165, 1.54) is 100 Å². The third-order valence-electron chi connectivity index (χ3n) is 17.8. The van der Waals surface area contributed by atoms with Crippen LogP contribution in [0.1, 0.15) is 51.8 Å². The number of hydrogen-bond donors (Lipinski definition) is 0. The van der Waals surface area contributed by atoms with Crippen molar-refractivity contribution >= 4 is 59.1 Å². The van der Waals surface area contributed by atoms with Gasteiger partial charge in [0.15, 0.2) is 0 Å². The van der Waals surface area contributed by atoms with Crippen molar-refractivity contribution in [1.82, 2.24) is 4.57 Å². The van der Waals surface area contributed by atoms with Crippen LogP contribution in [0.2, 0.25) is 25.2 Å². The molecule has 0 N–H and O–H groups in total. The lowest BCUT2D eigenvalue weighted by Gasteiger charge is -2.35. The fourth-order valence-corrected chi connectivity index (χ4v) is 15.3. The van der Waals surface area contributed by atoms with Crippen LogP contribution in [0, 0.1) is 13.8 Å². The van der Waals surface area contributed by atoms with Crippen molar-refractivity contribution in [3.63, 3.8) is 0 Å². The molecule has 0 aliphatic heterocycles. The van der Waals surface area contributed by atoms with Gasteiger partial charge in [-0.1, -0.05) is 221 Å². The van der Waals surface area contributed by atoms with E-state index in [1.54, 1.807) is 0 Å². The zero-order valence-electron chi connectivity index (χ0n) is 48.7. The summed E-state index contributed by atoms with van der Waals surface area (Å²) in [6, 6.07) is 96.5. The summed E-state index contributed by atoms with van der Waals surface area (Å²) in [4.78, 5) is 2.44. The number of para-hydroxylation sites is 2. The van der Waals surface area contributed by atoms with Crippen LogP contribution in [0.3, 0.4) is 0 Å². The SMILES string of the molecule is C=Cc1ccc(-c2ccc3c(c2)c2cc(-c4ccc(N(c5ccccc5)c5ccc6c(c5)C(CCC[Si](C)(C)CCOc5cc(C)c(-c7ccc(C=C)cc7)cc5C)(c5ccccc5)c5ccccc5-6)cc4)ccc2n3-c2ccccc2)cc1. The molecule has 12 aromatic rings. The lowest BCUT2D eigenvalue weighted by molar-refractivity contribution is 0.335. The predicted molar refractivity (Wildman–Crippen MR) is 361 cm³/mol. The zero-order chi connectivity index (χ0) is 57.4. The smallest absolute Gasteiger partial charge is 0.122 e. The first kappa shape index (κ1) is 53.8. The summed E-state index contributed by atoms with van der Waals surface area (Å²) in [6.45, 7) is 18.1. The van der Waals surface area contributed by atoms with Crippen molar-refractivity contribution in [2.75, 3.05) is 11.5 Å². The minimum Gasteiger partial charge on any atom is -0.494 e. The Bertz CT molecular complexity index is 4370. The highest BCUT2D eigenvalue weighted by molar-refractivity contribution is 6.77. The van der Waals surface area contributed by atoms with E-state index in [-0.39, 0.29) is 5.41 Å². The van der Waals surface area contributed by atoms with E-state index < -0.39 is 8.07 Å². The molecule has 1 atom stereocenters. The summed E-state index contributed by atoms with van der Waals surface area (Å²) in [7, 11) is -1.70. The molecule has 410 valence electrons. The summed E-state index contributed by atoms with van der Waals surface area (Å²) < 4.78 is 9.06. The van der Waals surface area contributed by atoms with Gasteiger partial charge in [-0.2, -0.15) is 0 Å². The van der Waals surface area contributed by atoms with Crippen LogP contribution < -0.4 is 9.64 Å². The van der Waals surface area contributed by atoms with E-state index in [0.29, 0.717) is 0 Å². The molecule has 0 saturated carbocycles. The molecule has 84 heavy (non-hydrogen) atoms. The number of ether oxygens (including phenoxy) is 1. The Kier molecular flexibility index (Phi) is 14.5. The Balaban J connectivity index is 0.812. The van der Waals surface area contributed by atoms with Crippen LogP contribution in [0.5, 0.6) is 5.75 Å². The molecule has 0 spiro atoms. The second-order valence-corrected chi connectivity index (χ2v) is 28.9. The number of aromatic nitrogens is 1. The second kappa shape index (κ2) is 22.7. The molecule has 0 bridgehead atoms. The first-order valence-electron chi connectivity index (χ1n) is 29.7. The number of aryl methyl sites for hydroxylation is 2. The van der Waals surface area contributed by atoms with E-state index in [9.17, 15) is 0 Å². The number of benzene rings is 11. The van der Waals surface area contributed by atoms with Crippen molar-refractivity contribution in [1.29, 1.82) is 0 Å². The van der Waals surface area contributed by atoms with Crippen LogP contribution in [0.15, 0.2) is 268 Å². The summed E-state index contributed by atoms with van der Waals surface area (Å²) in [6.07, 6.45) is 5.90. The maximum Gasteiger partial charge on any atom is 0.122 e. The Morgan fingerprint density at radius 3 is 1.61 bits per heavy atom. The first-order chi connectivity index (χ1) is 41.1. The van der Waals surface area contributed by atoms with Crippen LogP contribution in [0.4, 0.5) is 17.1 Å². The molecule has 13 rings (SSSR count). The molecule has 1 heterocycles. The van der Waals surface area contributed by atoms with Crippen molar-refractivity contribution in [3.05, 3.63) is 307 Å². The van der Waals surface area contributed by atoms with Crippen molar-refractivity contribution in [2.24, 2.45) is 0 Å². The van der Waals surface area contributed by atoms with Gasteiger partial charge in [-0.15, -0.1) is 0 Å². The highest BCUT2D eigenvalue weighted by atomic mass is 28.3. The number of hydrogen-bond acceptors (Lipinski definition) is 2. The largest absolute Gasteiger partial charge is 0.494 e. The molecule has 0 fully saturated rings. The molecule has 4 heteroatoms. The highest BCUT2D eigenvalue weighted by Crippen LogP contribution is 2.57. The Morgan fingerprint density at radius 1 is 0.452 bits per heavy atom. The minimum absolute atomic E-state index is 0.335. The third-order valence-corrected chi connectivity index (χ3v) is 21.1. The quantitative estimate of drug-likeness (QED) is 0.0797. The van der Waals surface area contributed by atoms with Gasteiger partial charge in [0.2, 0.25) is 0 Å². The molecule has 1 aromatic heterocycles. The lowest BCUT2D eigenvalue weighted by atomic mass is 9.69. The van der Waals surface area contributed by atoms with Crippen LogP contribution in [-0.2, 0) is 5.41 Å². The van der Waals surface area contributed by atoms with Gasteiger partial charge in [0.05, 0.1) is 25.7 Å². The number of rotatable bonds is 18. The maximum absolute atomic E-state index is 6.66. The van der Waals surface area contributed by atoms with E-state index in [0.717, 1.165) is 65.1 Å². The van der Waals surface area contributed by atoms with Gasteiger partial charge in [0, 0.05) is 38.9 Å². The number of fused-ring (bicyclic) bond motifs is 6. The Hall–Kier alpha value is -9.48. The minimum atomic E-state index is -1.70. The normalized spacial score (nSPS) is 13.6. The fraction of sp³-hybridized carbons (Fsp3) is 0.125. The van der Waals surface area contributed by atoms with E-state index in [4.69, 9.17) is 4.74 Å². The standard InChI is InChI=1S/C80H70N2OSi/c1-7-58-29-33-60(34-30-58)63-39-45-77-73(53-63)74-54-64(40-46-78(74)82(77)67-25-16-11-17-26-67)61-37-41-68(42-38-61)81(66-23-14-10-15-24-66)69-43-44-71-70-27-18-19-28-75(70)80(76(71)55-69,65-21-12-9-13-22-65)47-20-49-84(5,6)50-48-83-79-52-56(3)72(51-57(79)4)62-35-31-59(8-2)32-36-62/h7-19,21-46,51-55H,1-2,20,47-50H2,3-6H3. The van der Waals surface area contributed by atoms with E-state index in [1.807, 2.05) is 12.2 Å². The van der Waals surface area contributed by atoms with Gasteiger partial charge < -0.3 is 14.2 Å². The van der Waals surface area contributed by atoms with E-state index >= 15 is 0 Å². The van der Waals surface area contributed by atoms with Crippen molar-refractivity contribution in [3.8, 4) is 55.9 Å². The first-order valence-corrected chi connectivity index (χ1v) is 33.1. The van der Waals surface area contributed by atoms with Gasteiger partial charge >= 0.3 is 0 Å². The van der Waals surface area contributed by atoms with Gasteiger partial charge in [0.25, 0.3) is 0 Å². The number of nitrogens with zero attached hydrogens (tertiary/aromatic N) is 2. The monoisotopic (exact) mass is 1100 g/mol. The molecule has 0 amide bonds. The molecule has 1 unspecified atom stereocenters. The molecule has 1 aliphatic rings. The molecule has 3 nitrogen and oxygen atoms in total. The van der Waals surface area contributed by atoms with Crippen molar-refractivity contribution < 1.29 is 4.74 Å². The van der Waals surface area contributed by atoms with Crippen LogP contribution >= 0.6 is 0 Å².